The predicted molar refractivity (Wildman–Crippen MR) is 91.9 cm³/mol. The van der Waals surface area contributed by atoms with E-state index in [0.29, 0.717) is 17.8 Å². The Bertz CT molecular complexity index is 759. The van der Waals surface area contributed by atoms with Crippen LogP contribution in [0.4, 0.5) is 0 Å². The average Bonchev–Trinajstić information content (AvgIpc) is 2.96. The van der Waals surface area contributed by atoms with Crippen molar-refractivity contribution < 1.29 is 9.53 Å². The number of benzene rings is 1. The van der Waals surface area contributed by atoms with E-state index in [0.717, 1.165) is 11.3 Å². The number of hydrogen-bond acceptors (Lipinski definition) is 4. The van der Waals surface area contributed by atoms with Gasteiger partial charge >= 0.3 is 0 Å². The van der Waals surface area contributed by atoms with Crippen molar-refractivity contribution in [3.8, 4) is 11.8 Å². The number of rotatable bonds is 6. The van der Waals surface area contributed by atoms with E-state index in [2.05, 4.69) is 5.32 Å². The largest absolute Gasteiger partial charge is 0.496 e. The van der Waals surface area contributed by atoms with Crippen molar-refractivity contribution in [1.29, 1.82) is 5.26 Å². The molecule has 0 unspecified atom stereocenters. The first-order valence-electron chi connectivity index (χ1n) is 7.62. The molecule has 0 saturated carbocycles. The highest BCUT2D eigenvalue weighted by Gasteiger charge is 2.20. The number of carbonyl (C=O) groups excluding carboxylic acids is 1. The maximum absolute atomic E-state index is 12.4. The summed E-state index contributed by atoms with van der Waals surface area (Å²) in [4.78, 5) is 14.4. The number of aromatic nitrogens is 1. The number of likely N-dealkylation sites (N-methyl/N-ethyl adjacent to an activating group) is 1. The Morgan fingerprint density at radius 1 is 1.42 bits per heavy atom. The van der Waals surface area contributed by atoms with Crippen LogP contribution in [0, 0.1) is 11.3 Å². The summed E-state index contributed by atoms with van der Waals surface area (Å²) in [6, 6.07) is 11.4. The van der Waals surface area contributed by atoms with Crippen LogP contribution < -0.4 is 10.1 Å². The van der Waals surface area contributed by atoms with Crippen molar-refractivity contribution in [3.05, 3.63) is 53.3 Å². The van der Waals surface area contributed by atoms with Crippen molar-refractivity contribution in [2.45, 2.75) is 6.04 Å². The van der Waals surface area contributed by atoms with Gasteiger partial charge in [0.1, 0.15) is 17.5 Å². The Labute approximate surface area is 142 Å². The monoisotopic (exact) mass is 326 g/mol. The summed E-state index contributed by atoms with van der Waals surface area (Å²) in [5.74, 6) is 0.580. The number of nitrogens with zero attached hydrogens (tertiary/aromatic N) is 3. The van der Waals surface area contributed by atoms with Gasteiger partial charge in [0.2, 0.25) is 0 Å². The molecule has 0 aliphatic heterocycles. The lowest BCUT2D eigenvalue weighted by molar-refractivity contribution is 0.0933. The molecule has 6 nitrogen and oxygen atoms in total. The third-order valence-electron chi connectivity index (χ3n) is 3.94. The molecular formula is C18H22N4O2. The second-order valence-electron chi connectivity index (χ2n) is 5.77. The lowest BCUT2D eigenvalue weighted by atomic mass is 10.0. The minimum Gasteiger partial charge on any atom is -0.496 e. The summed E-state index contributed by atoms with van der Waals surface area (Å²) < 4.78 is 7.08. The molecule has 0 bridgehead atoms. The second-order valence-corrected chi connectivity index (χ2v) is 5.77. The van der Waals surface area contributed by atoms with E-state index < -0.39 is 0 Å². The molecule has 0 aliphatic carbocycles. The maximum atomic E-state index is 12.4. The smallest absolute Gasteiger partial charge is 0.268 e. The quantitative estimate of drug-likeness (QED) is 0.881. The van der Waals surface area contributed by atoms with Crippen LogP contribution in [0.15, 0.2) is 36.5 Å². The third kappa shape index (κ3) is 3.76. The van der Waals surface area contributed by atoms with E-state index in [-0.39, 0.29) is 11.9 Å². The van der Waals surface area contributed by atoms with Crippen LogP contribution in [0.3, 0.4) is 0 Å². The summed E-state index contributed by atoms with van der Waals surface area (Å²) in [6.45, 7) is 0.430. The Hall–Kier alpha value is -2.78. The topological polar surface area (TPSA) is 70.3 Å². The third-order valence-corrected chi connectivity index (χ3v) is 3.94. The first kappa shape index (κ1) is 17.6. The fraction of sp³-hybridized carbons (Fsp3) is 0.333. The molecule has 6 heteroatoms. The predicted octanol–water partition coefficient (Wildman–Crippen LogP) is 1.94. The van der Waals surface area contributed by atoms with E-state index in [4.69, 9.17) is 10.00 Å². The number of para-hydroxylation sites is 1. The molecule has 1 heterocycles. The first-order chi connectivity index (χ1) is 11.5. The molecule has 1 N–H and O–H groups in total. The fourth-order valence-corrected chi connectivity index (χ4v) is 2.64. The van der Waals surface area contributed by atoms with Crippen LogP contribution in [-0.2, 0) is 7.05 Å². The number of carbonyl (C=O) groups is 1. The molecule has 1 aromatic heterocycles. The molecule has 1 aromatic carbocycles. The Morgan fingerprint density at radius 2 is 2.12 bits per heavy atom. The van der Waals surface area contributed by atoms with Crippen molar-refractivity contribution in [1.82, 2.24) is 14.8 Å². The number of nitrogens with one attached hydrogen (secondary N) is 1. The van der Waals surface area contributed by atoms with E-state index in [9.17, 15) is 4.79 Å². The van der Waals surface area contributed by atoms with Gasteiger partial charge in [0.25, 0.3) is 5.91 Å². The highest BCUT2D eigenvalue weighted by Crippen LogP contribution is 2.27. The summed E-state index contributed by atoms with van der Waals surface area (Å²) in [5.41, 5.74) is 1.94. The molecule has 0 aliphatic rings. The fourth-order valence-electron chi connectivity index (χ4n) is 2.64. The first-order valence-corrected chi connectivity index (χ1v) is 7.62. The van der Waals surface area contributed by atoms with E-state index >= 15 is 0 Å². The number of amides is 1. The maximum Gasteiger partial charge on any atom is 0.268 e. The molecule has 0 spiro atoms. The minimum absolute atomic E-state index is 0.0270. The summed E-state index contributed by atoms with van der Waals surface area (Å²) in [7, 11) is 7.30. The Kier molecular flexibility index (Phi) is 5.61. The highest BCUT2D eigenvalue weighted by molar-refractivity contribution is 5.93. The number of methoxy groups -OCH3 is 1. The van der Waals surface area contributed by atoms with Gasteiger partial charge in [0.05, 0.1) is 18.7 Å². The van der Waals surface area contributed by atoms with Gasteiger partial charge in [0, 0.05) is 25.4 Å². The Balaban J connectivity index is 2.16. The lowest BCUT2D eigenvalue weighted by Crippen LogP contribution is -2.35. The van der Waals surface area contributed by atoms with Gasteiger partial charge in [-0.15, -0.1) is 0 Å². The molecule has 2 aromatic rings. The molecule has 24 heavy (non-hydrogen) atoms. The van der Waals surface area contributed by atoms with Crippen LogP contribution in [0.2, 0.25) is 0 Å². The molecular weight excluding hydrogens is 304 g/mol. The van der Waals surface area contributed by atoms with Crippen molar-refractivity contribution in [3.63, 3.8) is 0 Å². The molecule has 0 radical (unpaired) electrons. The van der Waals surface area contributed by atoms with Crippen LogP contribution in [0.5, 0.6) is 5.75 Å². The number of ether oxygens (including phenoxy) is 1. The zero-order valence-corrected chi connectivity index (χ0v) is 14.4. The van der Waals surface area contributed by atoms with Gasteiger partial charge in [-0.1, -0.05) is 18.2 Å². The van der Waals surface area contributed by atoms with Gasteiger partial charge in [0.15, 0.2) is 0 Å². The van der Waals surface area contributed by atoms with Crippen LogP contribution in [0.25, 0.3) is 0 Å². The average molecular weight is 326 g/mol. The summed E-state index contributed by atoms with van der Waals surface area (Å²) >= 11 is 0. The molecule has 2 rings (SSSR count). The number of hydrogen-bond donors (Lipinski definition) is 1. The molecule has 0 saturated heterocycles. The van der Waals surface area contributed by atoms with Crippen molar-refractivity contribution in [2.75, 3.05) is 27.7 Å². The zero-order chi connectivity index (χ0) is 17.7. The normalized spacial score (nSPS) is 11.8. The lowest BCUT2D eigenvalue weighted by Gasteiger charge is -2.26. The van der Waals surface area contributed by atoms with E-state index in [1.807, 2.05) is 49.3 Å². The van der Waals surface area contributed by atoms with Gasteiger partial charge in [-0.25, -0.2) is 0 Å². The van der Waals surface area contributed by atoms with Gasteiger partial charge in [-0.2, -0.15) is 5.26 Å². The zero-order valence-electron chi connectivity index (χ0n) is 14.4. The van der Waals surface area contributed by atoms with Crippen molar-refractivity contribution in [2.24, 2.45) is 7.05 Å². The summed E-state index contributed by atoms with van der Waals surface area (Å²) in [6.07, 6.45) is 1.64. The van der Waals surface area contributed by atoms with Crippen LogP contribution in [-0.4, -0.2) is 43.1 Å². The standard InChI is InChI=1S/C18H22N4O2/c1-21(2)16(14-7-5-6-8-17(14)24-4)11-20-18(23)15-9-13(10-19)12-22(15)3/h5-9,12,16H,11H2,1-4H3,(H,20,23)/t16-/m0/s1. The summed E-state index contributed by atoms with van der Waals surface area (Å²) in [5, 5.41) is 11.9. The molecule has 1 atom stereocenters. The molecule has 1 amide bonds. The molecule has 126 valence electrons. The van der Waals surface area contributed by atoms with E-state index in [1.165, 1.54) is 0 Å². The highest BCUT2D eigenvalue weighted by atomic mass is 16.5. The SMILES string of the molecule is COc1ccccc1[C@H](CNC(=O)c1cc(C#N)cn1C)N(C)C. The Morgan fingerprint density at radius 3 is 2.71 bits per heavy atom. The number of aryl methyl sites for hydroxylation is 1. The van der Waals surface area contributed by atoms with Gasteiger partial charge in [-0.05, 0) is 26.2 Å². The minimum atomic E-state index is -0.208. The van der Waals surface area contributed by atoms with Gasteiger partial charge in [-0.3, -0.25) is 4.79 Å². The van der Waals surface area contributed by atoms with Crippen molar-refractivity contribution >= 4 is 5.91 Å². The van der Waals surface area contributed by atoms with Crippen LogP contribution in [0.1, 0.15) is 27.7 Å². The molecule has 0 fully saturated rings. The number of nitriles is 1. The van der Waals surface area contributed by atoms with Gasteiger partial charge < -0.3 is 19.5 Å². The van der Waals surface area contributed by atoms with E-state index in [1.54, 1.807) is 31.0 Å². The second kappa shape index (κ2) is 7.66. The van der Waals surface area contributed by atoms with Crippen LogP contribution >= 0.6 is 0 Å².